The lowest BCUT2D eigenvalue weighted by Gasteiger charge is -2.42. The number of carbonyl (C=O) groups excluding carboxylic acids is 1. The Morgan fingerprint density at radius 3 is 2.52 bits per heavy atom. The summed E-state index contributed by atoms with van der Waals surface area (Å²) < 4.78 is 5.46. The number of hydrogen-bond donors (Lipinski definition) is 1. The zero-order valence-corrected chi connectivity index (χ0v) is 14.8. The standard InChI is InChI=1S/C20H27NO4/c1-2-25-12-11-20(9-6-10-20)19(24)21-13-16(17(14-21)18(22)23)15-7-4-3-5-8-15/h3-5,7-8,16-17H,2,6,9-14H2,1H3,(H,22,23)/t16-,17-/m0/s1. The predicted octanol–water partition coefficient (Wildman–Crippen LogP) is 2.91. The van der Waals surface area contributed by atoms with Gasteiger partial charge in [-0.3, -0.25) is 9.59 Å². The topological polar surface area (TPSA) is 66.8 Å². The van der Waals surface area contributed by atoms with Gasteiger partial charge in [0.15, 0.2) is 0 Å². The Hall–Kier alpha value is -1.88. The van der Waals surface area contributed by atoms with E-state index in [4.69, 9.17) is 4.74 Å². The summed E-state index contributed by atoms with van der Waals surface area (Å²) in [5.41, 5.74) is 0.672. The van der Waals surface area contributed by atoms with Gasteiger partial charge < -0.3 is 14.7 Å². The molecule has 1 aliphatic carbocycles. The monoisotopic (exact) mass is 345 g/mol. The first-order valence-electron chi connectivity index (χ1n) is 9.22. The van der Waals surface area contributed by atoms with Gasteiger partial charge in [0.25, 0.3) is 0 Å². The number of rotatable bonds is 7. The largest absolute Gasteiger partial charge is 0.481 e. The second kappa shape index (κ2) is 7.56. The normalized spacial score (nSPS) is 24.8. The SMILES string of the molecule is CCOCCC1(C(=O)N2C[C@H](C(=O)O)[C@H](c3ccccc3)C2)CCC1. The molecule has 1 heterocycles. The van der Waals surface area contributed by atoms with E-state index in [-0.39, 0.29) is 17.2 Å². The number of nitrogens with zero attached hydrogens (tertiary/aromatic N) is 1. The summed E-state index contributed by atoms with van der Waals surface area (Å²) in [4.78, 5) is 26.7. The molecular formula is C20H27NO4. The molecule has 1 aromatic rings. The fourth-order valence-electron chi connectivity index (χ4n) is 4.18. The third-order valence-electron chi connectivity index (χ3n) is 5.85. The van der Waals surface area contributed by atoms with E-state index in [1.165, 1.54) is 0 Å². The number of aliphatic carboxylic acids is 1. The molecule has 1 amide bonds. The first-order valence-corrected chi connectivity index (χ1v) is 9.22. The van der Waals surface area contributed by atoms with Crippen molar-refractivity contribution in [3.63, 3.8) is 0 Å². The molecule has 25 heavy (non-hydrogen) atoms. The molecule has 5 heteroatoms. The fourth-order valence-corrected chi connectivity index (χ4v) is 4.18. The summed E-state index contributed by atoms with van der Waals surface area (Å²) in [6, 6.07) is 9.70. The predicted molar refractivity (Wildman–Crippen MR) is 94.3 cm³/mol. The molecule has 0 radical (unpaired) electrons. The number of hydrogen-bond acceptors (Lipinski definition) is 3. The lowest BCUT2D eigenvalue weighted by atomic mass is 9.66. The highest BCUT2D eigenvalue weighted by Crippen LogP contribution is 2.47. The Balaban J connectivity index is 1.74. The second-order valence-electron chi connectivity index (χ2n) is 7.25. The van der Waals surface area contributed by atoms with Gasteiger partial charge in [-0.05, 0) is 31.7 Å². The summed E-state index contributed by atoms with van der Waals surface area (Å²) >= 11 is 0. The van der Waals surface area contributed by atoms with Gasteiger partial charge in [-0.2, -0.15) is 0 Å². The van der Waals surface area contributed by atoms with Crippen LogP contribution in [0.1, 0.15) is 44.1 Å². The van der Waals surface area contributed by atoms with Crippen LogP contribution in [0.5, 0.6) is 0 Å². The van der Waals surface area contributed by atoms with E-state index in [1.54, 1.807) is 4.90 Å². The van der Waals surface area contributed by atoms with Gasteiger partial charge in [0.05, 0.1) is 11.3 Å². The van der Waals surface area contributed by atoms with E-state index in [9.17, 15) is 14.7 Å². The Morgan fingerprint density at radius 2 is 1.96 bits per heavy atom. The summed E-state index contributed by atoms with van der Waals surface area (Å²) in [7, 11) is 0. The van der Waals surface area contributed by atoms with E-state index in [0.29, 0.717) is 26.3 Å². The highest BCUT2D eigenvalue weighted by molar-refractivity contribution is 5.85. The third-order valence-corrected chi connectivity index (χ3v) is 5.85. The Labute approximate surface area is 149 Å². The minimum Gasteiger partial charge on any atom is -0.481 e. The quantitative estimate of drug-likeness (QED) is 0.772. The van der Waals surface area contributed by atoms with Crippen molar-refractivity contribution in [3.8, 4) is 0 Å². The number of benzene rings is 1. The van der Waals surface area contributed by atoms with Gasteiger partial charge in [0.1, 0.15) is 0 Å². The molecule has 3 rings (SSSR count). The number of carboxylic acid groups (broad SMARTS) is 1. The summed E-state index contributed by atoms with van der Waals surface area (Å²) in [6.07, 6.45) is 3.59. The van der Waals surface area contributed by atoms with E-state index in [2.05, 4.69) is 0 Å². The Kier molecular flexibility index (Phi) is 5.42. The van der Waals surface area contributed by atoms with E-state index < -0.39 is 11.9 Å². The second-order valence-corrected chi connectivity index (χ2v) is 7.25. The van der Waals surface area contributed by atoms with Crippen molar-refractivity contribution in [2.45, 2.75) is 38.5 Å². The van der Waals surface area contributed by atoms with E-state index in [0.717, 1.165) is 31.2 Å². The van der Waals surface area contributed by atoms with Crippen LogP contribution in [-0.2, 0) is 14.3 Å². The molecule has 0 unspecified atom stereocenters. The van der Waals surface area contributed by atoms with Crippen molar-refractivity contribution in [2.24, 2.45) is 11.3 Å². The summed E-state index contributed by atoms with van der Waals surface area (Å²) in [5, 5.41) is 9.63. The lowest BCUT2D eigenvalue weighted by Crippen LogP contribution is -2.48. The van der Waals surface area contributed by atoms with Gasteiger partial charge in [-0.15, -0.1) is 0 Å². The van der Waals surface area contributed by atoms with Gasteiger partial charge >= 0.3 is 5.97 Å². The average Bonchev–Trinajstić information content (AvgIpc) is 3.03. The minimum absolute atomic E-state index is 0.128. The maximum Gasteiger partial charge on any atom is 0.308 e. The van der Waals surface area contributed by atoms with Gasteiger partial charge in [0, 0.05) is 32.2 Å². The molecule has 2 atom stereocenters. The zero-order chi connectivity index (χ0) is 17.9. The Bertz CT molecular complexity index is 611. The molecule has 5 nitrogen and oxygen atoms in total. The van der Waals surface area contributed by atoms with Crippen molar-refractivity contribution in [3.05, 3.63) is 35.9 Å². The van der Waals surface area contributed by atoms with Crippen LogP contribution in [0.25, 0.3) is 0 Å². The van der Waals surface area contributed by atoms with Crippen molar-refractivity contribution in [1.82, 2.24) is 4.90 Å². The van der Waals surface area contributed by atoms with Crippen molar-refractivity contribution < 1.29 is 19.4 Å². The molecule has 136 valence electrons. The van der Waals surface area contributed by atoms with Gasteiger partial charge in [-0.25, -0.2) is 0 Å². The number of amides is 1. The van der Waals surface area contributed by atoms with E-state index >= 15 is 0 Å². The van der Waals surface area contributed by atoms with Crippen molar-refractivity contribution in [2.75, 3.05) is 26.3 Å². The molecule has 0 bridgehead atoms. The third kappa shape index (κ3) is 3.56. The molecular weight excluding hydrogens is 318 g/mol. The number of carboxylic acids is 1. The summed E-state index contributed by atoms with van der Waals surface area (Å²) in [6.45, 7) is 4.02. The fraction of sp³-hybridized carbons (Fsp3) is 0.600. The van der Waals surface area contributed by atoms with Gasteiger partial charge in [0.2, 0.25) is 5.91 Å². The van der Waals surface area contributed by atoms with E-state index in [1.807, 2.05) is 37.3 Å². The first-order chi connectivity index (χ1) is 12.1. The maximum absolute atomic E-state index is 13.2. The molecule has 0 aromatic heterocycles. The number of carbonyl (C=O) groups is 2. The van der Waals surface area contributed by atoms with Crippen LogP contribution in [0.2, 0.25) is 0 Å². The average molecular weight is 345 g/mol. The zero-order valence-electron chi connectivity index (χ0n) is 14.8. The molecule has 2 aliphatic rings. The molecule has 2 fully saturated rings. The molecule has 1 aliphatic heterocycles. The van der Waals surface area contributed by atoms with Crippen LogP contribution < -0.4 is 0 Å². The number of likely N-dealkylation sites (tertiary alicyclic amines) is 1. The maximum atomic E-state index is 13.2. The van der Waals surface area contributed by atoms with Crippen LogP contribution in [0.3, 0.4) is 0 Å². The van der Waals surface area contributed by atoms with Crippen LogP contribution in [0.15, 0.2) is 30.3 Å². The van der Waals surface area contributed by atoms with Crippen molar-refractivity contribution >= 4 is 11.9 Å². The van der Waals surface area contributed by atoms with Crippen LogP contribution in [-0.4, -0.2) is 48.2 Å². The molecule has 1 saturated carbocycles. The highest BCUT2D eigenvalue weighted by Gasteiger charge is 2.49. The van der Waals surface area contributed by atoms with Crippen LogP contribution in [0.4, 0.5) is 0 Å². The molecule has 0 spiro atoms. The molecule has 1 N–H and O–H groups in total. The van der Waals surface area contributed by atoms with Crippen molar-refractivity contribution in [1.29, 1.82) is 0 Å². The molecule has 1 saturated heterocycles. The summed E-state index contributed by atoms with van der Waals surface area (Å²) in [5.74, 6) is -1.36. The van der Waals surface area contributed by atoms with Gasteiger partial charge in [-0.1, -0.05) is 36.8 Å². The van der Waals surface area contributed by atoms with Crippen LogP contribution in [0, 0.1) is 11.3 Å². The number of ether oxygens (including phenoxy) is 1. The smallest absolute Gasteiger partial charge is 0.308 e. The lowest BCUT2D eigenvalue weighted by molar-refractivity contribution is -0.149. The minimum atomic E-state index is -0.818. The first kappa shape index (κ1) is 17.9. The Morgan fingerprint density at radius 1 is 1.24 bits per heavy atom. The molecule has 1 aromatic carbocycles. The highest BCUT2D eigenvalue weighted by atomic mass is 16.5. The van der Waals surface area contributed by atoms with Crippen LogP contribution >= 0.6 is 0 Å².